The number of ketones is 1. The van der Waals surface area contributed by atoms with Crippen molar-refractivity contribution in [1.29, 1.82) is 0 Å². The molecule has 1 aromatic carbocycles. The van der Waals surface area contributed by atoms with Crippen LogP contribution in [-0.4, -0.2) is 40.3 Å². The lowest BCUT2D eigenvalue weighted by molar-refractivity contribution is 0.103. The normalized spacial score (nSPS) is 15.3. The van der Waals surface area contributed by atoms with Gasteiger partial charge in [-0.1, -0.05) is 5.16 Å². The van der Waals surface area contributed by atoms with E-state index in [0.717, 1.165) is 31.4 Å². The Morgan fingerprint density at radius 3 is 2.24 bits per heavy atom. The van der Waals surface area contributed by atoms with Crippen LogP contribution in [0.2, 0.25) is 0 Å². The molecule has 1 aliphatic carbocycles. The van der Waals surface area contributed by atoms with Crippen LogP contribution in [0.15, 0.2) is 32.7 Å². The van der Waals surface area contributed by atoms with E-state index in [9.17, 15) is 21.6 Å². The number of aromatic nitrogens is 1. The highest BCUT2D eigenvalue weighted by Crippen LogP contribution is 2.41. The largest absolute Gasteiger partial charge is 0.364 e. The predicted molar refractivity (Wildman–Crippen MR) is 89.3 cm³/mol. The molecule has 0 aliphatic heterocycles. The Kier molecular flexibility index (Phi) is 4.11. The molecule has 9 heteroatoms. The van der Waals surface area contributed by atoms with Crippen molar-refractivity contribution in [2.45, 2.75) is 35.5 Å². The van der Waals surface area contributed by atoms with Crippen molar-refractivity contribution in [2.24, 2.45) is 0 Å². The van der Waals surface area contributed by atoms with E-state index in [4.69, 9.17) is 4.52 Å². The summed E-state index contributed by atoms with van der Waals surface area (Å²) < 4.78 is 53.1. The van der Waals surface area contributed by atoms with Crippen molar-refractivity contribution < 1.29 is 26.2 Å². The molecule has 25 heavy (non-hydrogen) atoms. The number of nitrogens with zero attached hydrogens (tertiary/aromatic N) is 1. The third-order valence-corrected chi connectivity index (χ3v) is 6.73. The van der Waals surface area contributed by atoms with Crippen molar-refractivity contribution in [2.75, 3.05) is 12.5 Å². The highest BCUT2D eigenvalue weighted by molar-refractivity contribution is 7.93. The quantitative estimate of drug-likeness (QED) is 0.725. The summed E-state index contributed by atoms with van der Waals surface area (Å²) in [5, 5.41) is 3.87. The van der Waals surface area contributed by atoms with Gasteiger partial charge in [-0.05, 0) is 37.5 Å². The maximum Gasteiger partial charge on any atom is 0.198 e. The standard InChI is InChI=1S/C16H17NO6S2/c1-9-11(15(18)12-8-23-17-14(12)10-4-5-10)6-7-13(24(2,19)20)16(9)25(3,21)22/h6-8,10H,4-5H2,1-3H3. The van der Waals surface area contributed by atoms with E-state index in [2.05, 4.69) is 5.16 Å². The second-order valence-corrected chi connectivity index (χ2v) is 10.3. The number of sulfone groups is 2. The first-order valence-electron chi connectivity index (χ1n) is 7.54. The summed E-state index contributed by atoms with van der Waals surface area (Å²) in [5.74, 6) is -0.242. The first-order valence-corrected chi connectivity index (χ1v) is 11.3. The number of rotatable bonds is 5. The fourth-order valence-corrected chi connectivity index (χ4v) is 5.69. The highest BCUT2D eigenvalue weighted by atomic mass is 32.2. The number of benzene rings is 1. The molecule has 0 N–H and O–H groups in total. The first-order chi connectivity index (χ1) is 11.5. The highest BCUT2D eigenvalue weighted by Gasteiger charge is 2.33. The van der Waals surface area contributed by atoms with Gasteiger partial charge in [0.05, 0.1) is 21.0 Å². The van der Waals surface area contributed by atoms with Gasteiger partial charge < -0.3 is 4.52 Å². The maximum atomic E-state index is 12.9. The summed E-state index contributed by atoms with van der Waals surface area (Å²) in [6.07, 6.45) is 4.96. The third-order valence-electron chi connectivity index (χ3n) is 4.19. The average molecular weight is 383 g/mol. The molecule has 1 aromatic heterocycles. The average Bonchev–Trinajstić information content (AvgIpc) is 3.21. The van der Waals surface area contributed by atoms with Crippen molar-refractivity contribution >= 4 is 25.5 Å². The topological polar surface area (TPSA) is 111 Å². The van der Waals surface area contributed by atoms with Crippen LogP contribution in [-0.2, 0) is 19.7 Å². The number of carbonyl (C=O) groups excluding carboxylic acids is 1. The molecule has 1 aliphatic rings. The van der Waals surface area contributed by atoms with Gasteiger partial charge in [-0.2, -0.15) is 0 Å². The third kappa shape index (κ3) is 3.25. The summed E-state index contributed by atoms with van der Waals surface area (Å²) in [6, 6.07) is 2.50. The minimum absolute atomic E-state index is 0.110. The van der Waals surface area contributed by atoms with Crippen LogP contribution in [0.3, 0.4) is 0 Å². The lowest BCUT2D eigenvalue weighted by Crippen LogP contribution is -2.14. The van der Waals surface area contributed by atoms with E-state index < -0.39 is 25.5 Å². The molecule has 0 amide bonds. The zero-order valence-electron chi connectivity index (χ0n) is 13.9. The van der Waals surface area contributed by atoms with E-state index in [1.807, 2.05) is 0 Å². The number of carbonyl (C=O) groups is 1. The van der Waals surface area contributed by atoms with Crippen LogP contribution in [0, 0.1) is 6.92 Å². The molecule has 0 spiro atoms. The van der Waals surface area contributed by atoms with Crippen LogP contribution in [0.1, 0.15) is 45.9 Å². The van der Waals surface area contributed by atoms with Gasteiger partial charge in [0.15, 0.2) is 25.5 Å². The molecular weight excluding hydrogens is 366 g/mol. The predicted octanol–water partition coefficient (Wildman–Crippen LogP) is 1.90. The lowest BCUT2D eigenvalue weighted by Gasteiger charge is -2.13. The second kappa shape index (κ2) is 5.77. The van der Waals surface area contributed by atoms with Gasteiger partial charge in [-0.3, -0.25) is 4.79 Å². The summed E-state index contributed by atoms with van der Waals surface area (Å²) in [7, 11) is -7.62. The van der Waals surface area contributed by atoms with E-state index in [-0.39, 0.29) is 32.4 Å². The van der Waals surface area contributed by atoms with Crippen LogP contribution >= 0.6 is 0 Å². The summed E-state index contributed by atoms with van der Waals surface area (Å²) in [5.41, 5.74) is 1.09. The lowest BCUT2D eigenvalue weighted by atomic mass is 9.98. The van der Waals surface area contributed by atoms with Gasteiger partial charge in [0.1, 0.15) is 6.26 Å². The van der Waals surface area contributed by atoms with Crippen molar-refractivity contribution in [3.8, 4) is 0 Å². The van der Waals surface area contributed by atoms with Crippen molar-refractivity contribution in [1.82, 2.24) is 5.16 Å². The van der Waals surface area contributed by atoms with E-state index >= 15 is 0 Å². The van der Waals surface area contributed by atoms with E-state index in [1.54, 1.807) is 0 Å². The molecule has 0 unspecified atom stereocenters. The monoisotopic (exact) mass is 383 g/mol. The van der Waals surface area contributed by atoms with Crippen molar-refractivity contribution in [3.63, 3.8) is 0 Å². The van der Waals surface area contributed by atoms with Crippen LogP contribution < -0.4 is 0 Å². The molecule has 0 radical (unpaired) electrons. The molecule has 0 bridgehead atoms. The van der Waals surface area contributed by atoms with Crippen LogP contribution in [0.5, 0.6) is 0 Å². The minimum atomic E-state index is -3.86. The molecule has 0 saturated heterocycles. The Balaban J connectivity index is 2.21. The smallest absolute Gasteiger partial charge is 0.198 e. The zero-order chi connectivity index (χ0) is 18.6. The molecule has 2 aromatic rings. The fourth-order valence-electron chi connectivity index (χ4n) is 2.88. The summed E-state index contributed by atoms with van der Waals surface area (Å²) in [4.78, 5) is 12.2. The Hall–Kier alpha value is -2.00. The Morgan fingerprint density at radius 2 is 1.72 bits per heavy atom. The Bertz CT molecular complexity index is 1080. The fraction of sp³-hybridized carbons (Fsp3) is 0.375. The van der Waals surface area contributed by atoms with Gasteiger partial charge in [0.2, 0.25) is 0 Å². The SMILES string of the molecule is Cc1c(C(=O)c2conc2C2CC2)ccc(S(C)(=O)=O)c1S(C)(=O)=O. The van der Waals surface area contributed by atoms with Gasteiger partial charge in [0.25, 0.3) is 0 Å². The van der Waals surface area contributed by atoms with Gasteiger partial charge in [-0.25, -0.2) is 16.8 Å². The number of hydrogen-bond donors (Lipinski definition) is 0. The zero-order valence-corrected chi connectivity index (χ0v) is 15.6. The minimum Gasteiger partial charge on any atom is -0.364 e. The molecule has 1 saturated carbocycles. The van der Waals surface area contributed by atoms with Gasteiger partial charge in [0, 0.05) is 24.0 Å². The van der Waals surface area contributed by atoms with E-state index in [1.165, 1.54) is 19.3 Å². The Labute approximate surface area is 145 Å². The van der Waals surface area contributed by atoms with Gasteiger partial charge >= 0.3 is 0 Å². The molecule has 7 nitrogen and oxygen atoms in total. The van der Waals surface area contributed by atoms with Crippen LogP contribution in [0.4, 0.5) is 0 Å². The molecular formula is C16H17NO6S2. The van der Waals surface area contributed by atoms with Gasteiger partial charge in [-0.15, -0.1) is 0 Å². The second-order valence-electron chi connectivity index (χ2n) is 6.33. The van der Waals surface area contributed by atoms with E-state index in [0.29, 0.717) is 5.69 Å². The molecule has 1 fully saturated rings. The maximum absolute atomic E-state index is 12.9. The van der Waals surface area contributed by atoms with Crippen LogP contribution in [0.25, 0.3) is 0 Å². The molecule has 0 atom stereocenters. The van der Waals surface area contributed by atoms with Crippen molar-refractivity contribution in [3.05, 3.63) is 40.8 Å². The summed E-state index contributed by atoms with van der Waals surface area (Å²) in [6.45, 7) is 1.43. The Morgan fingerprint density at radius 1 is 1.08 bits per heavy atom. The molecule has 1 heterocycles. The number of hydrogen-bond acceptors (Lipinski definition) is 7. The summed E-state index contributed by atoms with van der Waals surface area (Å²) >= 11 is 0. The first kappa shape index (κ1) is 17.8. The molecule has 3 rings (SSSR count). The molecule has 134 valence electrons.